The zero-order valence-corrected chi connectivity index (χ0v) is 24.6. The molecule has 0 amide bonds. The minimum atomic E-state index is -1.46. The van der Waals surface area contributed by atoms with Crippen LogP contribution in [0.1, 0.15) is 37.3 Å². The summed E-state index contributed by atoms with van der Waals surface area (Å²) in [7, 11) is 0. The Morgan fingerprint density at radius 3 is 1.68 bits per heavy atom. The van der Waals surface area contributed by atoms with Crippen molar-refractivity contribution in [2.45, 2.75) is 24.5 Å². The summed E-state index contributed by atoms with van der Waals surface area (Å²) in [5, 5.41) is 1.18. The van der Waals surface area contributed by atoms with E-state index in [9.17, 15) is 19.2 Å². The van der Waals surface area contributed by atoms with E-state index >= 15 is 0 Å². The van der Waals surface area contributed by atoms with Crippen molar-refractivity contribution in [2.24, 2.45) is 0 Å². The number of rotatable bonds is 8. The molecule has 1 aliphatic heterocycles. The van der Waals surface area contributed by atoms with Crippen LogP contribution < -0.4 is 11.4 Å². The molecule has 0 bridgehead atoms. The number of hydrogen-bond acceptors (Lipinski definition) is 11. The molecule has 0 spiro atoms. The molecule has 3 aromatic carbocycles. The van der Waals surface area contributed by atoms with Gasteiger partial charge in [-0.3, -0.25) is 4.57 Å². The minimum Gasteiger partial charge on any atom is -0.459 e. The van der Waals surface area contributed by atoms with Crippen LogP contribution in [0.25, 0.3) is 0 Å². The Morgan fingerprint density at radius 1 is 0.750 bits per heavy atom. The van der Waals surface area contributed by atoms with Crippen LogP contribution in [0.3, 0.4) is 0 Å². The van der Waals surface area contributed by atoms with Gasteiger partial charge in [0.2, 0.25) is 5.95 Å². The molecule has 0 saturated carbocycles. The first-order chi connectivity index (χ1) is 21.1. The quantitative estimate of drug-likeness (QED) is 0.211. The first kappa shape index (κ1) is 31.0. The number of carbonyl (C=O) groups excluding carboxylic acids is 3. The summed E-state index contributed by atoms with van der Waals surface area (Å²) in [5.74, 6) is -2.73. The molecule has 4 aromatic rings. The van der Waals surface area contributed by atoms with Crippen LogP contribution in [-0.4, -0.2) is 57.4 Å². The van der Waals surface area contributed by atoms with Crippen molar-refractivity contribution in [1.29, 1.82) is 0 Å². The number of carbonyl (C=O) groups is 3. The summed E-state index contributed by atoms with van der Waals surface area (Å²) < 4.78 is 24.0. The molecule has 1 fully saturated rings. The van der Waals surface area contributed by atoms with Crippen molar-refractivity contribution in [2.75, 3.05) is 12.3 Å². The van der Waals surface area contributed by atoms with E-state index in [2.05, 4.69) is 9.97 Å². The Morgan fingerprint density at radius 2 is 1.20 bits per heavy atom. The van der Waals surface area contributed by atoms with Crippen molar-refractivity contribution >= 4 is 58.7 Å². The van der Waals surface area contributed by atoms with Crippen LogP contribution in [0, 0.1) is 0 Å². The largest absolute Gasteiger partial charge is 0.459 e. The number of benzene rings is 3. The Kier molecular flexibility index (Phi) is 9.45. The van der Waals surface area contributed by atoms with Gasteiger partial charge in [0.1, 0.15) is 19.0 Å². The fraction of sp³-hybridized carbons (Fsp3) is 0.172. The minimum absolute atomic E-state index is 0.106. The molecular formula is C29H21Cl3N4O8. The average Bonchev–Trinajstić information content (AvgIpc) is 3.32. The van der Waals surface area contributed by atoms with E-state index in [1.807, 2.05) is 0 Å². The highest BCUT2D eigenvalue weighted by Crippen LogP contribution is 2.35. The molecule has 5 rings (SSSR count). The van der Waals surface area contributed by atoms with Gasteiger partial charge in [0.05, 0.1) is 16.7 Å². The van der Waals surface area contributed by atoms with Gasteiger partial charge in [-0.25, -0.2) is 24.2 Å². The molecule has 1 aromatic heterocycles. The number of aromatic nitrogens is 3. The van der Waals surface area contributed by atoms with E-state index in [0.29, 0.717) is 15.1 Å². The van der Waals surface area contributed by atoms with E-state index in [-0.39, 0.29) is 22.6 Å². The number of hydrogen-bond donors (Lipinski definition) is 1. The maximum Gasteiger partial charge on any atom is 0.354 e. The monoisotopic (exact) mass is 658 g/mol. The molecule has 4 atom stereocenters. The van der Waals surface area contributed by atoms with Crippen LogP contribution in [0.5, 0.6) is 0 Å². The molecule has 0 unspecified atom stereocenters. The molecule has 1 aliphatic rings. The lowest BCUT2D eigenvalue weighted by Crippen LogP contribution is -2.42. The van der Waals surface area contributed by atoms with Crippen molar-refractivity contribution in [3.63, 3.8) is 0 Å². The molecule has 2 N–H and O–H groups in total. The predicted octanol–water partition coefficient (Wildman–Crippen LogP) is 4.39. The summed E-state index contributed by atoms with van der Waals surface area (Å²) in [6.07, 6.45) is -4.49. The van der Waals surface area contributed by atoms with E-state index in [4.69, 9.17) is 59.5 Å². The number of halogens is 3. The molecule has 226 valence electrons. The Labute approximate surface area is 264 Å². The zero-order chi connectivity index (χ0) is 31.4. The first-order valence-corrected chi connectivity index (χ1v) is 13.9. The number of nitrogens with two attached hydrogens (primary N) is 1. The Bertz CT molecular complexity index is 1730. The summed E-state index contributed by atoms with van der Waals surface area (Å²) >= 11 is 17.8. The van der Waals surface area contributed by atoms with Gasteiger partial charge in [-0.2, -0.15) is 4.98 Å². The van der Waals surface area contributed by atoms with Crippen molar-refractivity contribution in [1.82, 2.24) is 14.5 Å². The van der Waals surface area contributed by atoms with Crippen LogP contribution >= 0.6 is 34.8 Å². The number of esters is 3. The van der Waals surface area contributed by atoms with E-state index < -0.39 is 54.7 Å². The number of nitrogen functional groups attached to an aromatic ring is 1. The third-order valence-electron chi connectivity index (χ3n) is 6.41. The highest BCUT2D eigenvalue weighted by atomic mass is 35.5. The topological polar surface area (TPSA) is 162 Å². The van der Waals surface area contributed by atoms with Crippen LogP contribution in [0.15, 0.2) is 83.9 Å². The lowest BCUT2D eigenvalue weighted by molar-refractivity contribution is -0.0643. The Balaban J connectivity index is 1.49. The summed E-state index contributed by atoms with van der Waals surface area (Å²) in [5.41, 5.74) is 5.07. The van der Waals surface area contributed by atoms with Gasteiger partial charge in [-0.05, 0) is 72.8 Å². The van der Waals surface area contributed by atoms with Gasteiger partial charge in [0.25, 0.3) is 0 Å². The molecule has 2 heterocycles. The summed E-state index contributed by atoms with van der Waals surface area (Å²) in [6, 6.07) is 17.6. The van der Waals surface area contributed by atoms with Crippen molar-refractivity contribution in [3.8, 4) is 0 Å². The third-order valence-corrected chi connectivity index (χ3v) is 7.17. The Hall–Kier alpha value is -4.49. The molecule has 0 aliphatic carbocycles. The lowest BCUT2D eigenvalue weighted by atomic mass is 10.1. The maximum atomic E-state index is 13.2. The predicted molar refractivity (Wildman–Crippen MR) is 158 cm³/mol. The van der Waals surface area contributed by atoms with E-state index in [0.717, 1.165) is 10.9 Å². The highest BCUT2D eigenvalue weighted by Gasteiger charge is 2.52. The van der Waals surface area contributed by atoms with Crippen LogP contribution in [-0.2, 0) is 18.9 Å². The summed E-state index contributed by atoms with van der Waals surface area (Å²) in [4.78, 5) is 59.5. The average molecular weight is 660 g/mol. The van der Waals surface area contributed by atoms with Gasteiger partial charge in [-0.15, -0.1) is 0 Å². The molecule has 0 radical (unpaired) electrons. The van der Waals surface area contributed by atoms with Crippen molar-refractivity contribution < 1.29 is 33.3 Å². The van der Waals surface area contributed by atoms with Gasteiger partial charge in [-0.1, -0.05) is 34.8 Å². The highest BCUT2D eigenvalue weighted by molar-refractivity contribution is 6.31. The molecule has 12 nitrogen and oxygen atoms in total. The fourth-order valence-corrected chi connectivity index (χ4v) is 4.62. The van der Waals surface area contributed by atoms with Gasteiger partial charge in [0, 0.05) is 15.1 Å². The first-order valence-electron chi connectivity index (χ1n) is 12.8. The second-order valence-corrected chi connectivity index (χ2v) is 10.6. The summed E-state index contributed by atoms with van der Waals surface area (Å²) in [6.45, 7) is -0.476. The molecular weight excluding hydrogens is 639 g/mol. The number of ether oxygens (including phenoxy) is 4. The number of anilines is 1. The molecule has 1 saturated heterocycles. The fourth-order valence-electron chi connectivity index (χ4n) is 4.25. The second-order valence-electron chi connectivity index (χ2n) is 9.33. The smallest absolute Gasteiger partial charge is 0.354 e. The molecule has 44 heavy (non-hydrogen) atoms. The van der Waals surface area contributed by atoms with Gasteiger partial charge >= 0.3 is 23.6 Å². The lowest BCUT2D eigenvalue weighted by Gasteiger charge is -2.25. The maximum absolute atomic E-state index is 13.2. The van der Waals surface area contributed by atoms with Crippen LogP contribution in [0.2, 0.25) is 15.1 Å². The molecule has 15 heteroatoms. The zero-order valence-electron chi connectivity index (χ0n) is 22.3. The van der Waals surface area contributed by atoms with E-state index in [1.165, 1.54) is 72.8 Å². The van der Waals surface area contributed by atoms with Gasteiger partial charge < -0.3 is 24.7 Å². The standard InChI is InChI=1S/C29H21Cl3N4O8/c30-18-7-1-15(2-8-18)25(37)41-13-21-22(43-26(38)16-3-9-19(31)10-4-16)23(44-27(39)17-5-11-20(32)12-6-17)24(42-21)36-14-34-28(33)35-29(36)40/h1-12,14,21-24H,13H2,(H2,33,35,40)/t21-,22-,23-,24-/m1/s1. The third kappa shape index (κ3) is 7.17. The second kappa shape index (κ2) is 13.4. The van der Waals surface area contributed by atoms with Gasteiger partial charge in [0.15, 0.2) is 18.4 Å². The van der Waals surface area contributed by atoms with Crippen LogP contribution in [0.4, 0.5) is 5.95 Å². The number of nitrogens with zero attached hydrogens (tertiary/aromatic N) is 3. The SMILES string of the molecule is Nc1ncn([C@@H]2O[C@H](COC(=O)c3ccc(Cl)cc3)[C@@H](OC(=O)c3ccc(Cl)cc3)[C@H]2OC(=O)c2ccc(Cl)cc2)c(=O)n1. The van der Waals surface area contributed by atoms with Crippen molar-refractivity contribution in [3.05, 3.63) is 121 Å². The van der Waals surface area contributed by atoms with E-state index in [1.54, 1.807) is 0 Å². The normalized spacial score (nSPS) is 19.2.